The maximum Gasteiger partial charge on any atom is 0.137 e. The minimum absolute atomic E-state index is 1.14. The third kappa shape index (κ3) is 20.2. The summed E-state index contributed by atoms with van der Waals surface area (Å²) in [6, 6.07) is 0. The van der Waals surface area contributed by atoms with Crippen molar-refractivity contribution in [2.24, 2.45) is 5.73 Å². The summed E-state index contributed by atoms with van der Waals surface area (Å²) in [5.74, 6) is 0. The summed E-state index contributed by atoms with van der Waals surface area (Å²) in [6.45, 7) is 2.50. The Morgan fingerprint density at radius 1 is 0.905 bits per heavy atom. The van der Waals surface area contributed by atoms with Gasteiger partial charge in [-0.05, 0) is 19.9 Å². The Balaban J connectivity index is 0.000000249. The summed E-state index contributed by atoms with van der Waals surface area (Å²) in [5.41, 5.74) is 4.50. The van der Waals surface area contributed by atoms with Crippen LogP contribution in [0.3, 0.4) is 0 Å². The molecular weight excluding hydrogens is 266 g/mol. The van der Waals surface area contributed by atoms with Gasteiger partial charge in [0.1, 0.15) is 12.7 Å². The smallest absolute Gasteiger partial charge is 0.137 e. The second kappa shape index (κ2) is 17.8. The minimum atomic E-state index is 1.14. The molecule has 0 spiro atoms. The van der Waals surface area contributed by atoms with Gasteiger partial charge < -0.3 is 16.0 Å². The lowest BCUT2D eigenvalue weighted by Gasteiger charge is -1.87. The minimum Gasteiger partial charge on any atom is -0.351 e. The Hall–Kier alpha value is -2.25. The number of nitrogens with zero attached hydrogens (tertiary/aromatic N) is 3. The Morgan fingerprint density at radius 2 is 1.52 bits per heavy atom. The zero-order valence-corrected chi connectivity index (χ0v) is 12.4. The molecule has 2 aliphatic rings. The number of allylic oxidation sites excluding steroid dienone is 4. The van der Waals surface area contributed by atoms with E-state index in [-0.39, 0.29) is 0 Å². The molecule has 1 aliphatic carbocycles. The van der Waals surface area contributed by atoms with Crippen LogP contribution in [0.25, 0.3) is 0 Å². The van der Waals surface area contributed by atoms with Crippen molar-refractivity contribution in [1.29, 1.82) is 0 Å². The average Bonchev–Trinajstić information content (AvgIpc) is 3.14. The number of aromatic nitrogens is 5. The third-order valence-corrected chi connectivity index (χ3v) is 1.86. The van der Waals surface area contributed by atoms with Gasteiger partial charge >= 0.3 is 0 Å². The molecule has 0 radical (unpaired) electrons. The van der Waals surface area contributed by atoms with E-state index >= 15 is 0 Å². The molecular formula is C14H25N7. The van der Waals surface area contributed by atoms with Crippen molar-refractivity contribution in [3.63, 3.8) is 0 Å². The quantitative estimate of drug-likeness (QED) is 0.430. The van der Waals surface area contributed by atoms with Crippen LogP contribution in [0.4, 0.5) is 0 Å². The summed E-state index contributed by atoms with van der Waals surface area (Å²) in [7, 11) is 1.50. The molecule has 0 aromatic carbocycles. The number of nitrogens with two attached hydrogens (primary N) is 1. The van der Waals surface area contributed by atoms with Crippen LogP contribution in [-0.2, 0) is 0 Å². The molecule has 0 bridgehead atoms. The van der Waals surface area contributed by atoms with Crippen molar-refractivity contribution in [2.75, 3.05) is 20.1 Å². The number of rotatable bonds is 0. The number of H-pyrrole nitrogens is 2. The molecule has 7 nitrogen and oxygen atoms in total. The molecule has 2 aromatic heterocycles. The first-order chi connectivity index (χ1) is 10.5. The fraction of sp³-hybridized carbons (Fsp3) is 0.357. The monoisotopic (exact) mass is 291 g/mol. The van der Waals surface area contributed by atoms with Gasteiger partial charge in [-0.3, -0.25) is 5.10 Å². The molecule has 2 aromatic rings. The van der Waals surface area contributed by atoms with Gasteiger partial charge in [-0.15, -0.1) is 0 Å². The number of aromatic amines is 2. The van der Waals surface area contributed by atoms with Crippen molar-refractivity contribution in [3.05, 3.63) is 55.7 Å². The lowest BCUT2D eigenvalue weighted by molar-refractivity contribution is 1.09. The van der Waals surface area contributed by atoms with E-state index < -0.39 is 0 Å². The maximum absolute atomic E-state index is 4.50. The second-order valence-corrected chi connectivity index (χ2v) is 3.58. The molecule has 0 atom stereocenters. The highest BCUT2D eigenvalue weighted by atomic mass is 15.2. The zero-order valence-electron chi connectivity index (χ0n) is 12.4. The SMILES string of the molecule is C1=CCC=CC1.C1CN1.CN.c1c[nH]cn1.c1nc[nH]n1. The van der Waals surface area contributed by atoms with E-state index in [1.807, 2.05) is 0 Å². The first-order valence-electron chi connectivity index (χ1n) is 6.80. The normalized spacial score (nSPS) is 12.9. The first-order valence-corrected chi connectivity index (χ1v) is 6.80. The van der Waals surface area contributed by atoms with Gasteiger partial charge in [-0.1, -0.05) is 24.3 Å². The first kappa shape index (κ1) is 18.8. The van der Waals surface area contributed by atoms with Gasteiger partial charge in [0.05, 0.1) is 6.33 Å². The number of imidazole rings is 1. The fourth-order valence-corrected chi connectivity index (χ4v) is 0.924. The Bertz CT molecular complexity index is 321. The molecule has 0 unspecified atom stereocenters. The Kier molecular flexibility index (Phi) is 15.8. The second-order valence-electron chi connectivity index (χ2n) is 3.58. The molecule has 116 valence electrons. The van der Waals surface area contributed by atoms with Crippen molar-refractivity contribution in [2.45, 2.75) is 12.8 Å². The van der Waals surface area contributed by atoms with Gasteiger partial charge in [0.25, 0.3) is 0 Å². The molecule has 1 saturated heterocycles. The van der Waals surface area contributed by atoms with E-state index in [0.29, 0.717) is 0 Å². The van der Waals surface area contributed by atoms with E-state index in [1.54, 1.807) is 18.7 Å². The fourth-order valence-electron chi connectivity index (χ4n) is 0.924. The van der Waals surface area contributed by atoms with Crippen LogP contribution >= 0.6 is 0 Å². The number of nitrogens with one attached hydrogen (secondary N) is 3. The Morgan fingerprint density at radius 3 is 1.67 bits per heavy atom. The predicted octanol–water partition coefficient (Wildman–Crippen LogP) is 1.27. The van der Waals surface area contributed by atoms with Gasteiger partial charge in [-0.25, -0.2) is 9.97 Å². The van der Waals surface area contributed by atoms with Crippen LogP contribution in [0.15, 0.2) is 55.7 Å². The standard InChI is InChI=1S/C6H8.C3H4N2.C2H3N3.C2H5N.CH5N/c1-2-4-6-5-3-1;1-2-5-3-4-1;1-3-2-5-4-1;1-2-3-1;1-2/h1-2,5-6H,3-4H2;1-3H,(H,4,5);1-2H,(H,3,4,5);3H,1-2H2;2H2,1H3. The number of hydrogen-bond acceptors (Lipinski definition) is 5. The van der Waals surface area contributed by atoms with E-state index in [1.165, 1.54) is 32.8 Å². The van der Waals surface area contributed by atoms with E-state index in [2.05, 4.69) is 60.5 Å². The average molecular weight is 291 g/mol. The molecule has 3 heterocycles. The van der Waals surface area contributed by atoms with Crippen LogP contribution in [0.1, 0.15) is 12.8 Å². The highest BCUT2D eigenvalue weighted by Gasteiger charge is 1.91. The van der Waals surface area contributed by atoms with Crippen LogP contribution < -0.4 is 11.1 Å². The summed E-state index contributed by atoms with van der Waals surface area (Å²) in [5, 5.41) is 8.99. The summed E-state index contributed by atoms with van der Waals surface area (Å²) >= 11 is 0. The lowest BCUT2D eigenvalue weighted by Crippen LogP contribution is -1.69. The van der Waals surface area contributed by atoms with E-state index in [9.17, 15) is 0 Å². The molecule has 7 heteroatoms. The van der Waals surface area contributed by atoms with Crippen molar-refractivity contribution < 1.29 is 0 Å². The molecule has 0 amide bonds. The van der Waals surface area contributed by atoms with Crippen molar-refractivity contribution >= 4 is 0 Å². The largest absolute Gasteiger partial charge is 0.351 e. The van der Waals surface area contributed by atoms with Gasteiger partial charge in [-0.2, -0.15) is 5.10 Å². The third-order valence-electron chi connectivity index (χ3n) is 1.86. The Labute approximate surface area is 125 Å². The topological polar surface area (TPSA) is 118 Å². The predicted molar refractivity (Wildman–Crippen MR) is 85.5 cm³/mol. The molecule has 4 rings (SSSR count). The summed E-state index contributed by atoms with van der Waals surface area (Å²) in [6.07, 6.45) is 19.0. The number of hydrogen-bond donors (Lipinski definition) is 4. The van der Waals surface area contributed by atoms with Crippen LogP contribution in [0.2, 0.25) is 0 Å². The molecule has 1 fully saturated rings. The van der Waals surface area contributed by atoms with Crippen LogP contribution in [0, 0.1) is 0 Å². The van der Waals surface area contributed by atoms with Gasteiger partial charge in [0.15, 0.2) is 0 Å². The summed E-state index contributed by atoms with van der Waals surface area (Å²) < 4.78 is 0. The zero-order chi connectivity index (χ0) is 15.4. The highest BCUT2D eigenvalue weighted by Crippen LogP contribution is 1.97. The van der Waals surface area contributed by atoms with E-state index in [4.69, 9.17) is 0 Å². The van der Waals surface area contributed by atoms with Gasteiger partial charge in [0, 0.05) is 25.5 Å². The maximum atomic E-state index is 4.50. The summed E-state index contributed by atoms with van der Waals surface area (Å²) in [4.78, 5) is 9.97. The molecule has 0 saturated carbocycles. The van der Waals surface area contributed by atoms with Crippen molar-refractivity contribution in [3.8, 4) is 0 Å². The molecule has 1 aliphatic heterocycles. The molecule has 21 heavy (non-hydrogen) atoms. The van der Waals surface area contributed by atoms with Crippen LogP contribution in [-0.4, -0.2) is 45.3 Å². The van der Waals surface area contributed by atoms with E-state index in [0.717, 1.165) is 12.8 Å². The highest BCUT2D eigenvalue weighted by molar-refractivity contribution is 5.02. The lowest BCUT2D eigenvalue weighted by atomic mass is 10.2. The molecule has 5 N–H and O–H groups in total. The van der Waals surface area contributed by atoms with Gasteiger partial charge in [0.2, 0.25) is 0 Å². The van der Waals surface area contributed by atoms with Crippen LogP contribution in [0.5, 0.6) is 0 Å². The van der Waals surface area contributed by atoms with Crippen molar-refractivity contribution in [1.82, 2.24) is 30.5 Å².